The van der Waals surface area contributed by atoms with Crippen LogP contribution in [0.1, 0.15) is 4.88 Å². The van der Waals surface area contributed by atoms with Gasteiger partial charge in [0.25, 0.3) is 0 Å². The highest BCUT2D eigenvalue weighted by Crippen LogP contribution is 2.27. The molecule has 0 aliphatic carbocycles. The van der Waals surface area contributed by atoms with Crippen LogP contribution in [0.3, 0.4) is 0 Å². The van der Waals surface area contributed by atoms with Gasteiger partial charge in [0.1, 0.15) is 5.82 Å². The third-order valence-electron chi connectivity index (χ3n) is 2.17. The lowest BCUT2D eigenvalue weighted by atomic mass is 10.2. The minimum atomic E-state index is -0.493. The fourth-order valence-corrected chi connectivity index (χ4v) is 2.54. The molecule has 0 radical (unpaired) electrons. The van der Waals surface area contributed by atoms with Gasteiger partial charge in [0.15, 0.2) is 0 Å². The van der Waals surface area contributed by atoms with Crippen molar-refractivity contribution in [2.24, 2.45) is 0 Å². The molecular formula is C11H9Cl2FN2S. The lowest BCUT2D eigenvalue weighted by Gasteiger charge is -2.09. The van der Waals surface area contributed by atoms with Gasteiger partial charge in [0.05, 0.1) is 20.7 Å². The van der Waals surface area contributed by atoms with Crippen molar-refractivity contribution in [1.82, 2.24) is 0 Å². The molecule has 2 nitrogen and oxygen atoms in total. The Hall–Kier alpha value is -0.970. The molecule has 0 aliphatic heterocycles. The molecule has 0 spiro atoms. The summed E-state index contributed by atoms with van der Waals surface area (Å²) in [5.74, 6) is -0.493. The maximum Gasteiger partial charge on any atom is 0.143 e. The van der Waals surface area contributed by atoms with Gasteiger partial charge in [-0.05, 0) is 18.2 Å². The van der Waals surface area contributed by atoms with E-state index in [4.69, 9.17) is 28.9 Å². The van der Waals surface area contributed by atoms with Crippen LogP contribution in [-0.4, -0.2) is 0 Å². The van der Waals surface area contributed by atoms with Crippen molar-refractivity contribution < 1.29 is 4.39 Å². The van der Waals surface area contributed by atoms with Crippen LogP contribution in [0.2, 0.25) is 9.36 Å². The standard InChI is InChI=1S/C11H9Cl2FN2S/c12-7-3-9(15)10(4-8(7)14)16-5-6-1-2-11(13)17-6/h1-4,16H,5,15H2. The van der Waals surface area contributed by atoms with Gasteiger partial charge in [0.2, 0.25) is 0 Å². The van der Waals surface area contributed by atoms with Gasteiger partial charge in [-0.15, -0.1) is 11.3 Å². The topological polar surface area (TPSA) is 38.0 Å². The lowest BCUT2D eigenvalue weighted by molar-refractivity contribution is 0.629. The molecule has 0 saturated heterocycles. The first kappa shape index (κ1) is 12.5. The molecule has 0 saturated carbocycles. The fourth-order valence-electron chi connectivity index (χ4n) is 1.34. The Morgan fingerprint density at radius 3 is 2.71 bits per heavy atom. The summed E-state index contributed by atoms with van der Waals surface area (Å²) in [6.45, 7) is 0.544. The maximum absolute atomic E-state index is 13.2. The summed E-state index contributed by atoms with van der Waals surface area (Å²) in [6, 6.07) is 6.39. The molecule has 6 heteroatoms. The highest BCUT2D eigenvalue weighted by molar-refractivity contribution is 7.16. The van der Waals surface area contributed by atoms with E-state index in [0.29, 0.717) is 17.9 Å². The van der Waals surface area contributed by atoms with Crippen molar-refractivity contribution in [3.63, 3.8) is 0 Å². The molecule has 0 amide bonds. The third kappa shape index (κ3) is 3.03. The van der Waals surface area contributed by atoms with E-state index in [2.05, 4.69) is 5.32 Å². The molecule has 2 aromatic rings. The van der Waals surface area contributed by atoms with Crippen LogP contribution in [-0.2, 0) is 6.54 Å². The van der Waals surface area contributed by atoms with Crippen LogP contribution in [0.5, 0.6) is 0 Å². The van der Waals surface area contributed by atoms with Crippen molar-refractivity contribution in [2.75, 3.05) is 11.1 Å². The monoisotopic (exact) mass is 290 g/mol. The van der Waals surface area contributed by atoms with E-state index in [9.17, 15) is 4.39 Å². The van der Waals surface area contributed by atoms with Crippen molar-refractivity contribution >= 4 is 45.9 Å². The molecule has 3 N–H and O–H groups in total. The molecule has 0 aliphatic rings. The number of rotatable bonds is 3. The molecule has 90 valence electrons. The molecule has 2 rings (SSSR count). The molecule has 0 bridgehead atoms. The van der Waals surface area contributed by atoms with Crippen LogP contribution in [0.25, 0.3) is 0 Å². The van der Waals surface area contributed by atoms with Gasteiger partial charge in [-0.1, -0.05) is 23.2 Å². The normalized spacial score (nSPS) is 10.5. The number of anilines is 2. The van der Waals surface area contributed by atoms with Crippen molar-refractivity contribution in [1.29, 1.82) is 0 Å². The van der Waals surface area contributed by atoms with Gasteiger partial charge in [-0.3, -0.25) is 0 Å². The molecule has 0 fully saturated rings. The number of hydrogen-bond acceptors (Lipinski definition) is 3. The lowest BCUT2D eigenvalue weighted by Crippen LogP contribution is -2.02. The number of hydrogen-bond donors (Lipinski definition) is 2. The highest BCUT2D eigenvalue weighted by atomic mass is 35.5. The Bertz CT molecular complexity index is 542. The summed E-state index contributed by atoms with van der Waals surface area (Å²) in [6.07, 6.45) is 0. The van der Waals surface area contributed by atoms with Crippen LogP contribution in [0, 0.1) is 5.82 Å². The average molecular weight is 291 g/mol. The predicted octanol–water partition coefficient (Wildman–Crippen LogP) is 4.39. The maximum atomic E-state index is 13.2. The summed E-state index contributed by atoms with van der Waals surface area (Å²) in [4.78, 5) is 1.05. The first-order chi connectivity index (χ1) is 8.06. The minimum absolute atomic E-state index is 0.0206. The second kappa shape index (κ2) is 5.12. The quantitative estimate of drug-likeness (QED) is 0.823. The molecule has 0 atom stereocenters. The Morgan fingerprint density at radius 1 is 1.29 bits per heavy atom. The van der Waals surface area contributed by atoms with Crippen LogP contribution in [0.4, 0.5) is 15.8 Å². The first-order valence-corrected chi connectivity index (χ1v) is 6.36. The summed E-state index contributed by atoms with van der Waals surface area (Å²) >= 11 is 12.9. The van der Waals surface area contributed by atoms with Gasteiger partial charge >= 0.3 is 0 Å². The van der Waals surface area contributed by atoms with Crippen molar-refractivity contribution in [3.8, 4) is 0 Å². The van der Waals surface area contributed by atoms with E-state index in [1.807, 2.05) is 12.1 Å². The van der Waals surface area contributed by atoms with E-state index >= 15 is 0 Å². The number of benzene rings is 1. The Balaban J connectivity index is 2.11. The highest BCUT2D eigenvalue weighted by Gasteiger charge is 2.06. The summed E-state index contributed by atoms with van der Waals surface area (Å²) < 4.78 is 14.0. The SMILES string of the molecule is Nc1cc(Cl)c(F)cc1NCc1ccc(Cl)s1. The van der Waals surface area contributed by atoms with E-state index in [-0.39, 0.29) is 5.02 Å². The second-order valence-corrected chi connectivity index (χ2v) is 5.62. The summed E-state index contributed by atoms with van der Waals surface area (Å²) in [5, 5.41) is 3.06. The van der Waals surface area contributed by atoms with Crippen molar-refractivity contribution in [3.05, 3.63) is 44.3 Å². The number of halogens is 3. The molecule has 1 aromatic heterocycles. The zero-order valence-electron chi connectivity index (χ0n) is 8.64. The summed E-state index contributed by atoms with van der Waals surface area (Å²) in [7, 11) is 0. The van der Waals surface area contributed by atoms with Crippen LogP contribution in [0.15, 0.2) is 24.3 Å². The second-order valence-electron chi connectivity index (χ2n) is 3.41. The predicted molar refractivity (Wildman–Crippen MR) is 72.5 cm³/mol. The number of nitrogen functional groups attached to an aromatic ring is 1. The van der Waals surface area contributed by atoms with Crippen LogP contribution < -0.4 is 11.1 Å². The zero-order valence-corrected chi connectivity index (χ0v) is 11.0. The average Bonchev–Trinajstić information content (AvgIpc) is 2.68. The number of thiophene rings is 1. The van der Waals surface area contributed by atoms with Crippen LogP contribution >= 0.6 is 34.5 Å². The molecule has 1 aromatic carbocycles. The zero-order chi connectivity index (χ0) is 12.4. The summed E-state index contributed by atoms with van der Waals surface area (Å²) in [5.41, 5.74) is 6.66. The van der Waals surface area contributed by atoms with E-state index in [0.717, 1.165) is 9.21 Å². The Kier molecular flexibility index (Phi) is 3.76. The molecule has 1 heterocycles. The molecule has 0 unspecified atom stereocenters. The van der Waals surface area contributed by atoms with Gasteiger partial charge in [-0.2, -0.15) is 0 Å². The van der Waals surface area contributed by atoms with E-state index in [1.54, 1.807) is 0 Å². The number of nitrogens with two attached hydrogens (primary N) is 1. The fraction of sp³-hybridized carbons (Fsp3) is 0.0909. The Labute approximate surface area is 112 Å². The van der Waals surface area contributed by atoms with Gasteiger partial charge in [-0.25, -0.2) is 4.39 Å². The van der Waals surface area contributed by atoms with Gasteiger partial charge in [0, 0.05) is 17.5 Å². The molecule has 17 heavy (non-hydrogen) atoms. The van der Waals surface area contributed by atoms with E-state index < -0.39 is 5.82 Å². The first-order valence-electron chi connectivity index (χ1n) is 4.79. The number of nitrogens with one attached hydrogen (secondary N) is 1. The smallest absolute Gasteiger partial charge is 0.143 e. The minimum Gasteiger partial charge on any atom is -0.397 e. The van der Waals surface area contributed by atoms with E-state index in [1.165, 1.54) is 23.5 Å². The molecular weight excluding hydrogens is 282 g/mol. The third-order valence-corrected chi connectivity index (χ3v) is 3.70. The largest absolute Gasteiger partial charge is 0.397 e. The van der Waals surface area contributed by atoms with Crippen molar-refractivity contribution in [2.45, 2.75) is 6.54 Å². The Morgan fingerprint density at radius 2 is 2.06 bits per heavy atom. The van der Waals surface area contributed by atoms with Gasteiger partial charge < -0.3 is 11.1 Å².